The number of amides is 2. The highest BCUT2D eigenvalue weighted by Gasteiger charge is 2.45. The van der Waals surface area contributed by atoms with E-state index < -0.39 is 29.2 Å². The summed E-state index contributed by atoms with van der Waals surface area (Å²) in [5.41, 5.74) is -1.22. The van der Waals surface area contributed by atoms with Gasteiger partial charge in [-0.2, -0.15) is 0 Å². The molecule has 2 amide bonds. The van der Waals surface area contributed by atoms with Gasteiger partial charge in [0.15, 0.2) is 5.60 Å². The molecular weight excluding hydrogens is 426 g/mol. The maximum absolute atomic E-state index is 12.2. The van der Waals surface area contributed by atoms with E-state index in [9.17, 15) is 30.0 Å². The lowest BCUT2D eigenvalue weighted by Gasteiger charge is -2.32. The first-order valence-corrected chi connectivity index (χ1v) is 10.2. The zero-order valence-electron chi connectivity index (χ0n) is 17.7. The summed E-state index contributed by atoms with van der Waals surface area (Å²) in [5.74, 6) is -5.78. The van der Waals surface area contributed by atoms with Gasteiger partial charge in [-0.3, -0.25) is 10.1 Å². The number of nitrogens with one attached hydrogen (secondary N) is 1. The number of imide groups is 1. The summed E-state index contributed by atoms with van der Waals surface area (Å²) in [5, 5.41) is 46.5. The Hall–Kier alpha value is -3.56. The molecule has 3 aromatic rings. The SMILES string of the molecule is CC1(Cc2ccc(C(O)(O)c3ccccc3)c(C(O)(O)c3ccccc3)c2)OC(=O)NC1=O. The second kappa shape index (κ2) is 8.09. The van der Waals surface area contributed by atoms with Crippen LogP contribution >= 0.6 is 0 Å². The van der Waals surface area contributed by atoms with Crippen molar-refractivity contribution >= 4 is 12.0 Å². The third kappa shape index (κ3) is 4.12. The number of carbonyl (C=O) groups excluding carboxylic acids is 2. The Morgan fingerprint density at radius 3 is 1.79 bits per heavy atom. The lowest BCUT2D eigenvalue weighted by molar-refractivity contribution is -0.154. The van der Waals surface area contributed by atoms with Crippen LogP contribution in [0.25, 0.3) is 0 Å². The second-order valence-corrected chi connectivity index (χ2v) is 8.21. The van der Waals surface area contributed by atoms with Crippen molar-refractivity contribution < 1.29 is 34.8 Å². The number of benzene rings is 3. The number of carbonyl (C=O) groups is 2. The van der Waals surface area contributed by atoms with Crippen LogP contribution in [0.5, 0.6) is 0 Å². The van der Waals surface area contributed by atoms with Crippen LogP contribution in [0.1, 0.15) is 34.7 Å². The summed E-state index contributed by atoms with van der Waals surface area (Å²) < 4.78 is 5.12. The molecule has 0 aliphatic carbocycles. The molecule has 0 saturated carbocycles. The normalized spacial score (nSPS) is 18.7. The van der Waals surface area contributed by atoms with Gasteiger partial charge < -0.3 is 25.2 Å². The average Bonchev–Trinajstić information content (AvgIpc) is 3.05. The number of cyclic esters (lactones) is 1. The fourth-order valence-electron chi connectivity index (χ4n) is 3.95. The monoisotopic (exact) mass is 449 g/mol. The summed E-state index contributed by atoms with van der Waals surface area (Å²) in [7, 11) is 0. The van der Waals surface area contributed by atoms with Crippen LogP contribution in [0.2, 0.25) is 0 Å². The Balaban J connectivity index is 1.85. The van der Waals surface area contributed by atoms with Gasteiger partial charge in [0.1, 0.15) is 0 Å². The van der Waals surface area contributed by atoms with Crippen molar-refractivity contribution in [3.8, 4) is 0 Å². The van der Waals surface area contributed by atoms with E-state index in [1.54, 1.807) is 36.4 Å². The van der Waals surface area contributed by atoms with Crippen molar-refractivity contribution in [1.29, 1.82) is 0 Å². The highest BCUT2D eigenvalue weighted by Crippen LogP contribution is 2.38. The van der Waals surface area contributed by atoms with Gasteiger partial charge in [0.25, 0.3) is 5.91 Å². The summed E-state index contributed by atoms with van der Waals surface area (Å²) in [6, 6.07) is 20.1. The standard InChI is InChI=1S/C25H23NO7/c1-23(21(27)26-22(28)33-23)15-16-12-13-19(24(29,30)17-8-4-2-5-9-17)20(14-16)25(31,32)18-10-6-3-7-11-18/h2-14,29-32H,15H2,1H3,(H,26,27,28). The quantitative estimate of drug-likeness (QED) is 0.361. The van der Waals surface area contributed by atoms with Gasteiger partial charge in [0.2, 0.25) is 11.6 Å². The maximum Gasteiger partial charge on any atom is 0.415 e. The molecule has 0 radical (unpaired) electrons. The molecule has 0 aromatic heterocycles. The van der Waals surface area contributed by atoms with Crippen LogP contribution in [0.4, 0.5) is 4.79 Å². The summed E-state index contributed by atoms with van der Waals surface area (Å²) in [4.78, 5) is 23.7. The predicted molar refractivity (Wildman–Crippen MR) is 116 cm³/mol. The topological polar surface area (TPSA) is 136 Å². The lowest BCUT2D eigenvalue weighted by atomic mass is 9.84. The van der Waals surface area contributed by atoms with Gasteiger partial charge in [0, 0.05) is 28.7 Å². The predicted octanol–water partition coefficient (Wildman–Crippen LogP) is 1.63. The minimum Gasteiger partial charge on any atom is -0.432 e. The van der Waals surface area contributed by atoms with Crippen molar-refractivity contribution in [2.75, 3.05) is 0 Å². The molecule has 8 heteroatoms. The molecule has 1 aliphatic heterocycles. The summed E-state index contributed by atoms with van der Waals surface area (Å²) in [6.07, 6.45) is -0.936. The molecule has 33 heavy (non-hydrogen) atoms. The highest BCUT2D eigenvalue weighted by atomic mass is 16.6. The summed E-state index contributed by atoms with van der Waals surface area (Å²) >= 11 is 0. The zero-order chi connectivity index (χ0) is 23.9. The van der Waals surface area contributed by atoms with Crippen molar-refractivity contribution in [1.82, 2.24) is 5.32 Å². The number of aliphatic hydroxyl groups is 4. The van der Waals surface area contributed by atoms with Crippen LogP contribution in [0, 0.1) is 0 Å². The largest absolute Gasteiger partial charge is 0.432 e. The molecule has 1 unspecified atom stereocenters. The fourth-order valence-corrected chi connectivity index (χ4v) is 3.95. The minimum atomic E-state index is -2.60. The third-order valence-electron chi connectivity index (χ3n) is 5.74. The molecule has 0 spiro atoms. The van der Waals surface area contributed by atoms with Gasteiger partial charge >= 0.3 is 6.09 Å². The average molecular weight is 449 g/mol. The first kappa shape index (κ1) is 22.6. The minimum absolute atomic E-state index is 0.0715. The Morgan fingerprint density at radius 2 is 1.30 bits per heavy atom. The van der Waals surface area contributed by atoms with E-state index >= 15 is 0 Å². The van der Waals surface area contributed by atoms with E-state index in [1.165, 1.54) is 49.4 Å². The molecule has 8 nitrogen and oxygen atoms in total. The fraction of sp³-hybridized carbons (Fsp3) is 0.200. The molecule has 1 heterocycles. The third-order valence-corrected chi connectivity index (χ3v) is 5.74. The number of hydrogen-bond acceptors (Lipinski definition) is 7. The number of rotatable bonds is 6. The van der Waals surface area contributed by atoms with E-state index in [0.29, 0.717) is 5.56 Å². The second-order valence-electron chi connectivity index (χ2n) is 8.21. The smallest absolute Gasteiger partial charge is 0.415 e. The van der Waals surface area contributed by atoms with Crippen LogP contribution in [-0.2, 0) is 27.5 Å². The number of ether oxygens (including phenoxy) is 1. The zero-order valence-corrected chi connectivity index (χ0v) is 17.7. The van der Waals surface area contributed by atoms with Crippen LogP contribution in [-0.4, -0.2) is 38.0 Å². The Bertz CT molecular complexity index is 1190. The van der Waals surface area contributed by atoms with Gasteiger partial charge in [-0.05, 0) is 18.6 Å². The molecule has 1 fully saturated rings. The number of alkyl carbamates (subject to hydrolysis) is 1. The van der Waals surface area contributed by atoms with Gasteiger partial charge in [-0.1, -0.05) is 72.8 Å². The van der Waals surface area contributed by atoms with Crippen LogP contribution < -0.4 is 5.32 Å². The Labute approximate surface area is 189 Å². The molecular formula is C25H23NO7. The van der Waals surface area contributed by atoms with Crippen molar-refractivity contribution in [2.45, 2.75) is 30.5 Å². The van der Waals surface area contributed by atoms with Gasteiger partial charge in [0.05, 0.1) is 0 Å². The van der Waals surface area contributed by atoms with E-state index in [2.05, 4.69) is 5.32 Å². The van der Waals surface area contributed by atoms with E-state index in [0.717, 1.165) is 0 Å². The molecule has 0 bridgehead atoms. The lowest BCUT2D eigenvalue weighted by Crippen LogP contribution is -2.39. The molecule has 1 aliphatic rings. The first-order valence-electron chi connectivity index (χ1n) is 10.2. The van der Waals surface area contributed by atoms with Gasteiger partial charge in [-0.15, -0.1) is 0 Å². The number of hydrogen-bond donors (Lipinski definition) is 5. The Morgan fingerprint density at radius 1 is 0.788 bits per heavy atom. The first-order chi connectivity index (χ1) is 15.5. The molecule has 170 valence electrons. The molecule has 1 saturated heterocycles. The molecule has 3 aromatic carbocycles. The van der Waals surface area contributed by atoms with Gasteiger partial charge in [-0.25, -0.2) is 4.79 Å². The van der Waals surface area contributed by atoms with E-state index in [-0.39, 0.29) is 28.7 Å². The van der Waals surface area contributed by atoms with E-state index in [1.807, 2.05) is 0 Å². The maximum atomic E-state index is 12.2. The van der Waals surface area contributed by atoms with Crippen LogP contribution in [0.3, 0.4) is 0 Å². The Kier molecular flexibility index (Phi) is 5.55. The molecule has 1 atom stereocenters. The molecule has 5 N–H and O–H groups in total. The van der Waals surface area contributed by atoms with E-state index in [4.69, 9.17) is 4.74 Å². The highest BCUT2D eigenvalue weighted by molar-refractivity contribution is 6.02. The van der Waals surface area contributed by atoms with Crippen LogP contribution in [0.15, 0.2) is 78.9 Å². The van der Waals surface area contributed by atoms with Crippen molar-refractivity contribution in [3.05, 3.63) is 107 Å². The van der Waals surface area contributed by atoms with Crippen molar-refractivity contribution in [2.24, 2.45) is 0 Å². The summed E-state index contributed by atoms with van der Waals surface area (Å²) in [6.45, 7) is 1.44. The molecule has 4 rings (SSSR count). The van der Waals surface area contributed by atoms with Crippen molar-refractivity contribution in [3.63, 3.8) is 0 Å².